The first kappa shape index (κ1) is 19.4. The third kappa shape index (κ3) is 5.03. The van der Waals surface area contributed by atoms with Gasteiger partial charge in [0.15, 0.2) is 11.5 Å². The van der Waals surface area contributed by atoms with E-state index in [1.807, 2.05) is 26.0 Å². The topological polar surface area (TPSA) is 67.8 Å². The summed E-state index contributed by atoms with van der Waals surface area (Å²) >= 11 is 9.36. The number of rotatable bonds is 7. The maximum absolute atomic E-state index is 11.2. The SMILES string of the molecule is COc1cc(Br)cc(CNc2ccc(Cl)c(C(=O)O)c2)c1OC(C)C. The molecular formula is C18H19BrClNO4. The molecule has 0 saturated carbocycles. The predicted octanol–water partition coefficient (Wildman–Crippen LogP) is 5.21. The molecule has 0 unspecified atom stereocenters. The van der Waals surface area contributed by atoms with E-state index in [1.54, 1.807) is 19.2 Å². The number of hydrogen-bond donors (Lipinski definition) is 2. The van der Waals surface area contributed by atoms with Crippen LogP contribution in [0.4, 0.5) is 5.69 Å². The Balaban J connectivity index is 2.29. The fourth-order valence-corrected chi connectivity index (χ4v) is 2.95. The quantitative estimate of drug-likeness (QED) is 0.634. The fraction of sp³-hybridized carbons (Fsp3) is 0.278. The van der Waals surface area contributed by atoms with Crippen molar-refractivity contribution in [3.8, 4) is 11.5 Å². The molecule has 134 valence electrons. The van der Waals surface area contributed by atoms with Gasteiger partial charge < -0.3 is 19.9 Å². The molecule has 0 bridgehead atoms. The molecule has 0 spiro atoms. The van der Waals surface area contributed by atoms with Crippen molar-refractivity contribution in [2.45, 2.75) is 26.5 Å². The first-order chi connectivity index (χ1) is 11.8. The van der Waals surface area contributed by atoms with Crippen LogP contribution in [0.2, 0.25) is 5.02 Å². The van der Waals surface area contributed by atoms with Crippen LogP contribution in [-0.2, 0) is 6.54 Å². The number of anilines is 1. The number of halogens is 2. The molecule has 0 saturated heterocycles. The van der Waals surface area contributed by atoms with Crippen molar-refractivity contribution in [1.82, 2.24) is 0 Å². The zero-order chi connectivity index (χ0) is 18.6. The Morgan fingerprint density at radius 2 is 2.04 bits per heavy atom. The summed E-state index contributed by atoms with van der Waals surface area (Å²) in [5.41, 5.74) is 1.58. The standard InChI is InChI=1S/C18H19BrClNO4/c1-10(2)25-17-11(6-12(19)7-16(17)24-3)9-21-13-4-5-15(20)14(8-13)18(22)23/h4-8,10,21H,9H2,1-3H3,(H,22,23). The van der Waals surface area contributed by atoms with Crippen LogP contribution < -0.4 is 14.8 Å². The third-order valence-electron chi connectivity index (χ3n) is 3.35. The van der Waals surface area contributed by atoms with Gasteiger partial charge in [0.2, 0.25) is 0 Å². The Kier molecular flexibility index (Phi) is 6.56. The van der Waals surface area contributed by atoms with Crippen molar-refractivity contribution in [3.05, 3.63) is 51.0 Å². The summed E-state index contributed by atoms with van der Waals surface area (Å²) in [6, 6.07) is 8.56. The van der Waals surface area contributed by atoms with Gasteiger partial charge in [0.05, 0.1) is 23.8 Å². The van der Waals surface area contributed by atoms with Gasteiger partial charge in [0, 0.05) is 22.3 Å². The van der Waals surface area contributed by atoms with E-state index in [2.05, 4.69) is 21.2 Å². The lowest BCUT2D eigenvalue weighted by molar-refractivity contribution is 0.0697. The highest BCUT2D eigenvalue weighted by Gasteiger charge is 2.15. The van der Waals surface area contributed by atoms with Crippen molar-refractivity contribution >= 4 is 39.2 Å². The normalized spacial score (nSPS) is 10.6. The molecule has 2 rings (SSSR count). The van der Waals surface area contributed by atoms with Crippen LogP contribution in [0.15, 0.2) is 34.8 Å². The summed E-state index contributed by atoms with van der Waals surface area (Å²) in [5.74, 6) is 0.212. The van der Waals surface area contributed by atoms with E-state index in [1.165, 1.54) is 6.07 Å². The second-order valence-electron chi connectivity index (χ2n) is 5.62. The predicted molar refractivity (Wildman–Crippen MR) is 102 cm³/mol. The van der Waals surface area contributed by atoms with E-state index in [-0.39, 0.29) is 16.7 Å². The molecule has 0 atom stereocenters. The maximum Gasteiger partial charge on any atom is 0.337 e. The lowest BCUT2D eigenvalue weighted by atomic mass is 10.1. The number of benzene rings is 2. The van der Waals surface area contributed by atoms with E-state index in [4.69, 9.17) is 26.2 Å². The second kappa shape index (κ2) is 8.45. The van der Waals surface area contributed by atoms with Crippen LogP contribution in [0.25, 0.3) is 0 Å². The minimum Gasteiger partial charge on any atom is -0.493 e. The van der Waals surface area contributed by atoms with Gasteiger partial charge in [-0.15, -0.1) is 0 Å². The zero-order valence-electron chi connectivity index (χ0n) is 14.1. The Bertz CT molecular complexity index is 780. The molecule has 0 fully saturated rings. The first-order valence-corrected chi connectivity index (χ1v) is 8.78. The molecule has 0 amide bonds. The van der Waals surface area contributed by atoms with Crippen LogP contribution in [0.3, 0.4) is 0 Å². The van der Waals surface area contributed by atoms with Crippen LogP contribution in [0.5, 0.6) is 11.5 Å². The number of carbonyl (C=O) groups is 1. The zero-order valence-corrected chi connectivity index (χ0v) is 16.4. The van der Waals surface area contributed by atoms with Crippen molar-refractivity contribution < 1.29 is 19.4 Å². The molecule has 7 heteroatoms. The van der Waals surface area contributed by atoms with E-state index in [9.17, 15) is 4.79 Å². The molecule has 25 heavy (non-hydrogen) atoms. The van der Waals surface area contributed by atoms with Gasteiger partial charge in [-0.1, -0.05) is 27.5 Å². The molecular weight excluding hydrogens is 410 g/mol. The molecule has 2 aromatic rings. The van der Waals surface area contributed by atoms with E-state index >= 15 is 0 Å². The molecule has 2 aromatic carbocycles. The van der Waals surface area contributed by atoms with E-state index in [0.29, 0.717) is 23.7 Å². The summed E-state index contributed by atoms with van der Waals surface area (Å²) in [7, 11) is 1.59. The highest BCUT2D eigenvalue weighted by Crippen LogP contribution is 2.36. The average Bonchev–Trinajstić information content (AvgIpc) is 2.55. The van der Waals surface area contributed by atoms with E-state index < -0.39 is 5.97 Å². The molecule has 0 aliphatic carbocycles. The molecule has 0 aliphatic rings. The number of carboxylic acid groups (broad SMARTS) is 1. The average molecular weight is 429 g/mol. The Morgan fingerprint density at radius 3 is 2.64 bits per heavy atom. The fourth-order valence-electron chi connectivity index (χ4n) is 2.27. The molecule has 0 aliphatic heterocycles. The smallest absolute Gasteiger partial charge is 0.337 e. The number of methoxy groups -OCH3 is 1. The number of ether oxygens (including phenoxy) is 2. The summed E-state index contributed by atoms with van der Waals surface area (Å²) in [6.45, 7) is 4.31. The molecule has 0 radical (unpaired) electrons. The number of hydrogen-bond acceptors (Lipinski definition) is 4. The van der Waals surface area contributed by atoms with Gasteiger partial charge in [-0.3, -0.25) is 0 Å². The second-order valence-corrected chi connectivity index (χ2v) is 6.94. The summed E-state index contributed by atoms with van der Waals surface area (Å²) in [6.07, 6.45) is -0.0111. The molecule has 5 nitrogen and oxygen atoms in total. The third-order valence-corrected chi connectivity index (χ3v) is 4.14. The maximum atomic E-state index is 11.2. The van der Waals surface area contributed by atoms with Gasteiger partial charge in [0.25, 0.3) is 0 Å². The van der Waals surface area contributed by atoms with Crippen molar-refractivity contribution in [2.24, 2.45) is 0 Å². The minimum atomic E-state index is -1.07. The van der Waals surface area contributed by atoms with Gasteiger partial charge in [0.1, 0.15) is 0 Å². The number of carboxylic acids is 1. The monoisotopic (exact) mass is 427 g/mol. The highest BCUT2D eigenvalue weighted by molar-refractivity contribution is 9.10. The van der Waals surface area contributed by atoms with Crippen molar-refractivity contribution in [1.29, 1.82) is 0 Å². The largest absolute Gasteiger partial charge is 0.493 e. The first-order valence-electron chi connectivity index (χ1n) is 7.61. The van der Waals surface area contributed by atoms with Crippen LogP contribution >= 0.6 is 27.5 Å². The summed E-state index contributed by atoms with van der Waals surface area (Å²) in [5, 5.41) is 12.6. The Labute approximate surface area is 160 Å². The van der Waals surface area contributed by atoms with E-state index in [0.717, 1.165) is 10.0 Å². The van der Waals surface area contributed by atoms with Crippen LogP contribution in [-0.4, -0.2) is 24.3 Å². The van der Waals surface area contributed by atoms with Gasteiger partial charge >= 0.3 is 5.97 Å². The lowest BCUT2D eigenvalue weighted by Gasteiger charge is -2.19. The number of aromatic carboxylic acids is 1. The molecule has 2 N–H and O–H groups in total. The minimum absolute atomic E-state index is 0.0111. The molecule has 0 aromatic heterocycles. The van der Waals surface area contributed by atoms with Gasteiger partial charge in [-0.2, -0.15) is 0 Å². The lowest BCUT2D eigenvalue weighted by Crippen LogP contribution is -2.11. The summed E-state index contributed by atoms with van der Waals surface area (Å²) in [4.78, 5) is 11.2. The van der Waals surface area contributed by atoms with Crippen molar-refractivity contribution in [2.75, 3.05) is 12.4 Å². The van der Waals surface area contributed by atoms with Crippen LogP contribution in [0.1, 0.15) is 29.8 Å². The van der Waals surface area contributed by atoms with Crippen LogP contribution in [0, 0.1) is 0 Å². The summed E-state index contributed by atoms with van der Waals surface area (Å²) < 4.78 is 12.2. The van der Waals surface area contributed by atoms with Gasteiger partial charge in [-0.05, 0) is 44.2 Å². The van der Waals surface area contributed by atoms with Gasteiger partial charge in [-0.25, -0.2) is 4.79 Å². The Hall–Kier alpha value is -1.92. The van der Waals surface area contributed by atoms with Crippen molar-refractivity contribution in [3.63, 3.8) is 0 Å². The molecule has 0 heterocycles. The Morgan fingerprint density at radius 1 is 1.32 bits per heavy atom. The highest BCUT2D eigenvalue weighted by atomic mass is 79.9. The number of nitrogens with one attached hydrogen (secondary N) is 1.